The average Bonchev–Trinajstić information content (AvgIpc) is 2.62. The van der Waals surface area contributed by atoms with Gasteiger partial charge in [0, 0.05) is 25.6 Å². The lowest BCUT2D eigenvalue weighted by Gasteiger charge is -2.23. The van der Waals surface area contributed by atoms with Crippen molar-refractivity contribution in [2.24, 2.45) is 0 Å². The maximum absolute atomic E-state index is 13.7. The van der Waals surface area contributed by atoms with Crippen LogP contribution in [0.25, 0.3) is 0 Å². The molecule has 0 aliphatic carbocycles. The topological polar surface area (TPSA) is 49.4 Å². The van der Waals surface area contributed by atoms with Crippen LogP contribution >= 0.6 is 0 Å². The second kappa shape index (κ2) is 8.46. The molecule has 0 aliphatic rings. The van der Waals surface area contributed by atoms with E-state index in [9.17, 15) is 22.8 Å². The number of benzene rings is 2. The Kier molecular flexibility index (Phi) is 6.48. The van der Waals surface area contributed by atoms with Crippen LogP contribution in [0.1, 0.15) is 39.7 Å². The van der Waals surface area contributed by atoms with Gasteiger partial charge in [-0.2, -0.15) is 0 Å². The number of amides is 2. The van der Waals surface area contributed by atoms with Crippen LogP contribution in [0.3, 0.4) is 0 Å². The number of rotatable bonds is 5. The van der Waals surface area contributed by atoms with E-state index in [0.29, 0.717) is 5.69 Å². The van der Waals surface area contributed by atoms with Crippen molar-refractivity contribution in [3.8, 4) is 0 Å². The summed E-state index contributed by atoms with van der Waals surface area (Å²) in [7, 11) is 0. The van der Waals surface area contributed by atoms with Gasteiger partial charge in [0.25, 0.3) is 0 Å². The van der Waals surface area contributed by atoms with Gasteiger partial charge in [0.15, 0.2) is 17.5 Å². The Morgan fingerprint density at radius 1 is 0.964 bits per heavy atom. The summed E-state index contributed by atoms with van der Waals surface area (Å²) < 4.78 is 39.9. The molecule has 0 fully saturated rings. The standard InChI is InChI=1S/C21H23F3N2O2/c1-13(27)26(15-7-5-14(6-8-15)21(2,3)4)12-11-18(28)25-17-10-9-16(22)19(23)20(17)24/h5-10H,11-12H2,1-4H3,(H,25,28). The SMILES string of the molecule is CC(=O)N(CCC(=O)Nc1ccc(F)c(F)c1F)c1ccc(C(C)(C)C)cc1. The Balaban J connectivity index is 2.06. The van der Waals surface area contributed by atoms with E-state index in [1.165, 1.54) is 11.8 Å². The third-order valence-electron chi connectivity index (χ3n) is 4.30. The van der Waals surface area contributed by atoms with Gasteiger partial charge < -0.3 is 10.2 Å². The molecule has 0 radical (unpaired) electrons. The fourth-order valence-electron chi connectivity index (χ4n) is 2.66. The van der Waals surface area contributed by atoms with Gasteiger partial charge in [-0.3, -0.25) is 9.59 Å². The molecule has 0 aromatic heterocycles. The maximum atomic E-state index is 13.7. The zero-order chi connectivity index (χ0) is 21.1. The third kappa shape index (κ3) is 5.12. The number of hydrogen-bond donors (Lipinski definition) is 1. The fraction of sp³-hybridized carbons (Fsp3) is 0.333. The van der Waals surface area contributed by atoms with Crippen molar-refractivity contribution in [1.29, 1.82) is 0 Å². The smallest absolute Gasteiger partial charge is 0.226 e. The van der Waals surface area contributed by atoms with E-state index in [2.05, 4.69) is 26.1 Å². The van der Waals surface area contributed by atoms with E-state index in [1.54, 1.807) is 12.1 Å². The largest absolute Gasteiger partial charge is 0.323 e. The normalized spacial score (nSPS) is 11.2. The molecule has 2 amide bonds. The van der Waals surface area contributed by atoms with E-state index < -0.39 is 29.0 Å². The Morgan fingerprint density at radius 2 is 1.57 bits per heavy atom. The van der Waals surface area contributed by atoms with Crippen LogP contribution in [0, 0.1) is 17.5 Å². The molecule has 2 aromatic carbocycles. The summed E-state index contributed by atoms with van der Waals surface area (Å²) in [6.45, 7) is 7.66. The van der Waals surface area contributed by atoms with Crippen molar-refractivity contribution < 1.29 is 22.8 Å². The Labute approximate surface area is 162 Å². The summed E-state index contributed by atoms with van der Waals surface area (Å²) in [5.74, 6) is -5.33. The first-order valence-electron chi connectivity index (χ1n) is 8.82. The molecule has 150 valence electrons. The summed E-state index contributed by atoms with van der Waals surface area (Å²) in [6, 6.07) is 9.11. The molecule has 2 rings (SSSR count). The molecule has 0 unspecified atom stereocenters. The third-order valence-corrected chi connectivity index (χ3v) is 4.30. The van der Waals surface area contributed by atoms with E-state index in [4.69, 9.17) is 0 Å². The molecule has 0 atom stereocenters. The van der Waals surface area contributed by atoms with Crippen molar-refractivity contribution in [2.75, 3.05) is 16.8 Å². The van der Waals surface area contributed by atoms with Gasteiger partial charge in [0.05, 0.1) is 5.69 Å². The van der Waals surface area contributed by atoms with Crippen LogP contribution in [-0.4, -0.2) is 18.4 Å². The lowest BCUT2D eigenvalue weighted by molar-refractivity contribution is -0.117. The van der Waals surface area contributed by atoms with E-state index in [0.717, 1.165) is 17.7 Å². The molecule has 1 N–H and O–H groups in total. The van der Waals surface area contributed by atoms with E-state index in [-0.39, 0.29) is 24.3 Å². The molecule has 0 saturated heterocycles. The lowest BCUT2D eigenvalue weighted by Crippen LogP contribution is -2.32. The predicted molar refractivity (Wildman–Crippen MR) is 103 cm³/mol. The predicted octanol–water partition coefficient (Wildman–Crippen LogP) is 4.78. The minimum Gasteiger partial charge on any atom is -0.323 e. The van der Waals surface area contributed by atoms with Crippen LogP contribution in [0.4, 0.5) is 24.5 Å². The van der Waals surface area contributed by atoms with Gasteiger partial charge >= 0.3 is 0 Å². The van der Waals surface area contributed by atoms with Crippen molar-refractivity contribution in [1.82, 2.24) is 0 Å². The van der Waals surface area contributed by atoms with Gasteiger partial charge in [0.1, 0.15) is 0 Å². The molecule has 2 aromatic rings. The molecule has 0 saturated carbocycles. The van der Waals surface area contributed by atoms with Crippen molar-refractivity contribution in [3.05, 3.63) is 59.4 Å². The summed E-state index contributed by atoms with van der Waals surface area (Å²) >= 11 is 0. The molecule has 0 spiro atoms. The highest BCUT2D eigenvalue weighted by molar-refractivity contribution is 5.94. The first-order chi connectivity index (χ1) is 13.0. The first kappa shape index (κ1) is 21.5. The lowest BCUT2D eigenvalue weighted by atomic mass is 9.87. The highest BCUT2D eigenvalue weighted by Gasteiger charge is 2.18. The van der Waals surface area contributed by atoms with Crippen LogP contribution in [0.5, 0.6) is 0 Å². The molecular weight excluding hydrogens is 369 g/mol. The number of halogens is 3. The summed E-state index contributed by atoms with van der Waals surface area (Å²) in [6.07, 6.45) is -0.140. The summed E-state index contributed by atoms with van der Waals surface area (Å²) in [5, 5.41) is 2.19. The quantitative estimate of drug-likeness (QED) is 0.745. The monoisotopic (exact) mass is 392 g/mol. The second-order valence-electron chi connectivity index (χ2n) is 7.49. The average molecular weight is 392 g/mol. The number of hydrogen-bond acceptors (Lipinski definition) is 2. The Bertz CT molecular complexity index is 874. The molecule has 4 nitrogen and oxygen atoms in total. The number of nitrogens with zero attached hydrogens (tertiary/aromatic N) is 1. The Hall–Kier alpha value is -2.83. The van der Waals surface area contributed by atoms with Crippen LogP contribution in [0.2, 0.25) is 0 Å². The summed E-state index contributed by atoms with van der Waals surface area (Å²) in [4.78, 5) is 25.5. The van der Waals surface area contributed by atoms with Crippen molar-refractivity contribution in [2.45, 2.75) is 39.5 Å². The van der Waals surface area contributed by atoms with Crippen LogP contribution in [-0.2, 0) is 15.0 Å². The number of carbonyl (C=O) groups excluding carboxylic acids is 2. The highest BCUT2D eigenvalue weighted by Crippen LogP contribution is 2.25. The van der Waals surface area contributed by atoms with E-state index >= 15 is 0 Å². The van der Waals surface area contributed by atoms with Crippen LogP contribution in [0.15, 0.2) is 36.4 Å². The van der Waals surface area contributed by atoms with Gasteiger partial charge in [-0.25, -0.2) is 13.2 Å². The molecule has 0 aliphatic heterocycles. The minimum atomic E-state index is -1.65. The van der Waals surface area contributed by atoms with Gasteiger partial charge in [-0.15, -0.1) is 0 Å². The van der Waals surface area contributed by atoms with Crippen LogP contribution < -0.4 is 10.2 Å². The molecule has 7 heteroatoms. The molecule has 0 bridgehead atoms. The van der Waals surface area contributed by atoms with Gasteiger partial charge in [0.2, 0.25) is 11.8 Å². The fourth-order valence-corrected chi connectivity index (χ4v) is 2.66. The minimum absolute atomic E-state index is 0.0338. The summed E-state index contributed by atoms with van der Waals surface area (Å²) in [5.41, 5.74) is 1.25. The van der Waals surface area contributed by atoms with Crippen molar-refractivity contribution in [3.63, 3.8) is 0 Å². The number of anilines is 2. The maximum Gasteiger partial charge on any atom is 0.226 e. The van der Waals surface area contributed by atoms with Gasteiger partial charge in [-0.1, -0.05) is 32.9 Å². The zero-order valence-corrected chi connectivity index (χ0v) is 16.3. The van der Waals surface area contributed by atoms with Gasteiger partial charge in [-0.05, 0) is 35.2 Å². The van der Waals surface area contributed by atoms with E-state index in [1.807, 2.05) is 12.1 Å². The molecular formula is C21H23F3N2O2. The highest BCUT2D eigenvalue weighted by atomic mass is 19.2. The second-order valence-corrected chi connectivity index (χ2v) is 7.49. The van der Waals surface area contributed by atoms with Crippen molar-refractivity contribution >= 4 is 23.2 Å². The number of carbonyl (C=O) groups is 2. The molecule has 0 heterocycles. The molecule has 28 heavy (non-hydrogen) atoms. The first-order valence-corrected chi connectivity index (χ1v) is 8.82. The number of nitrogens with one attached hydrogen (secondary N) is 1. The zero-order valence-electron chi connectivity index (χ0n) is 16.3. The Morgan fingerprint density at radius 3 is 2.11 bits per heavy atom.